The van der Waals surface area contributed by atoms with Gasteiger partial charge in [0.25, 0.3) is 11.8 Å². The zero-order valence-electron chi connectivity index (χ0n) is 12.0. The van der Waals surface area contributed by atoms with Crippen LogP contribution in [0.5, 0.6) is 0 Å². The predicted octanol–water partition coefficient (Wildman–Crippen LogP) is -3.88. The number of carbonyl (C=O) groups excluding carboxylic acids is 3. The first-order valence-corrected chi connectivity index (χ1v) is 6.89. The molecule has 108 valence electrons. The van der Waals surface area contributed by atoms with Crippen molar-refractivity contribution in [3.63, 3.8) is 0 Å². The number of Topliss-reactive ketones (excluding diaryl/α,β-unsaturated/α-hetero) is 1. The van der Waals surface area contributed by atoms with Gasteiger partial charge in [0.15, 0.2) is 0 Å². The summed E-state index contributed by atoms with van der Waals surface area (Å²) < 4.78 is 30.2. The smallest absolute Gasteiger partial charge is 1.00 e. The molecule has 0 saturated carbocycles. The van der Waals surface area contributed by atoms with Crippen LogP contribution in [-0.2, 0) is 19.9 Å². The Morgan fingerprint density at radius 2 is 1.86 bits per heavy atom. The molecule has 2 rings (SSSR count). The maximum Gasteiger partial charge on any atom is 1.00 e. The Labute approximate surface area is 144 Å². The number of nitrogens with zero attached hydrogens (tertiary/aromatic N) is 1. The first kappa shape index (κ1) is 17.8. The quantitative estimate of drug-likeness (QED) is 0.192. The number of amides is 2. The summed E-state index contributed by atoms with van der Waals surface area (Å²) in [5.41, 5.74) is 0.156. The largest absolute Gasteiger partial charge is 1.00 e. The van der Waals surface area contributed by atoms with E-state index in [1.54, 1.807) is 18.2 Å². The monoisotopic (exact) mass is 322 g/mol. The van der Waals surface area contributed by atoms with Crippen molar-refractivity contribution in [2.75, 3.05) is 6.54 Å². The molecule has 1 atom stereocenters. The van der Waals surface area contributed by atoms with E-state index in [0.29, 0.717) is 0 Å². The van der Waals surface area contributed by atoms with E-state index in [1.807, 2.05) is 0 Å². The van der Waals surface area contributed by atoms with E-state index in [2.05, 4.69) is 5.32 Å². The molecule has 1 saturated heterocycles. The van der Waals surface area contributed by atoms with Gasteiger partial charge in [0, 0.05) is 5.56 Å². The number of β-lactam (4-membered cyclic amide) rings is 1. The van der Waals surface area contributed by atoms with Gasteiger partial charge in [-0.3, -0.25) is 18.9 Å². The molecule has 1 heterocycles. The van der Waals surface area contributed by atoms with E-state index >= 15 is 0 Å². The third-order valence-electron chi connectivity index (χ3n) is 2.72. The number of rotatable bonds is 4. The molecule has 1 aromatic carbocycles. The molecule has 2 amide bonds. The molecule has 0 bridgehead atoms. The third-order valence-corrected chi connectivity index (χ3v) is 3.60. The molecule has 1 unspecified atom stereocenters. The van der Waals surface area contributed by atoms with Gasteiger partial charge < -0.3 is 6.74 Å². The van der Waals surface area contributed by atoms with Crippen molar-refractivity contribution >= 4 is 27.9 Å². The summed E-state index contributed by atoms with van der Waals surface area (Å²) in [6.45, 7) is -0.397. The number of hydrogen-bond donors (Lipinski definition) is 2. The summed E-state index contributed by atoms with van der Waals surface area (Å²) in [4.78, 5) is 34.7. The zero-order chi connectivity index (χ0) is 14.9. The number of ketones is 1. The summed E-state index contributed by atoms with van der Waals surface area (Å²) in [6, 6.07) is 6.58. The van der Waals surface area contributed by atoms with Crippen LogP contribution in [0, 0.1) is 0 Å². The minimum atomic E-state index is -4.61. The van der Waals surface area contributed by atoms with Gasteiger partial charge in [0.1, 0.15) is 6.04 Å². The van der Waals surface area contributed by atoms with E-state index in [9.17, 15) is 22.8 Å². The van der Waals surface area contributed by atoms with Gasteiger partial charge in [0.05, 0.1) is 6.54 Å². The second-order valence-electron chi connectivity index (χ2n) is 4.07. The van der Waals surface area contributed by atoms with E-state index in [0.717, 1.165) is 0 Å². The Hall–Kier alpha value is -1.26. The van der Waals surface area contributed by atoms with E-state index in [4.69, 9.17) is 4.55 Å². The van der Waals surface area contributed by atoms with Gasteiger partial charge >= 0.3 is 39.9 Å². The van der Waals surface area contributed by atoms with Crippen molar-refractivity contribution in [2.24, 2.45) is 0 Å². The number of benzene rings is 1. The molecule has 21 heavy (non-hydrogen) atoms. The number of hydrogen-bond acceptors (Lipinski definition) is 5. The Balaban J connectivity index is 0.00000220. The molecule has 1 aliphatic heterocycles. The van der Waals surface area contributed by atoms with Crippen molar-refractivity contribution < 1.29 is 58.3 Å². The molecule has 1 aliphatic rings. The van der Waals surface area contributed by atoms with Crippen molar-refractivity contribution in [3.05, 3.63) is 35.9 Å². The molecule has 10 heteroatoms. The average molecular weight is 322 g/mol. The minimum Gasteiger partial charge on any atom is -1.00 e. The van der Waals surface area contributed by atoms with Crippen LogP contribution in [0.1, 0.15) is 11.8 Å². The fourth-order valence-electron chi connectivity index (χ4n) is 1.65. The summed E-state index contributed by atoms with van der Waals surface area (Å²) in [5, 5.41) is 2.11. The van der Waals surface area contributed by atoms with Crippen LogP contribution in [0.3, 0.4) is 0 Å². The van der Waals surface area contributed by atoms with Crippen molar-refractivity contribution in [1.29, 1.82) is 0 Å². The van der Waals surface area contributed by atoms with Crippen molar-refractivity contribution in [2.45, 2.75) is 6.04 Å². The Kier molecular flexibility index (Phi) is 5.65. The van der Waals surface area contributed by atoms with Crippen LogP contribution >= 0.6 is 0 Å². The summed E-state index contributed by atoms with van der Waals surface area (Å²) in [7, 11) is -4.61. The first-order chi connectivity index (χ1) is 9.30. The van der Waals surface area contributed by atoms with Gasteiger partial charge in [-0.15, -0.1) is 0 Å². The summed E-state index contributed by atoms with van der Waals surface area (Å²) in [5.74, 6) is -2.82. The molecule has 0 radical (unpaired) electrons. The van der Waals surface area contributed by atoms with Crippen LogP contribution in [0.4, 0.5) is 0 Å². The molecular weight excluding hydrogens is 311 g/mol. The van der Waals surface area contributed by atoms with Crippen LogP contribution in [0.25, 0.3) is 0 Å². The third kappa shape index (κ3) is 3.89. The predicted molar refractivity (Wildman–Crippen MR) is 67.1 cm³/mol. The van der Waals surface area contributed by atoms with Crippen LogP contribution in [-0.4, -0.2) is 47.5 Å². The van der Waals surface area contributed by atoms with Gasteiger partial charge in [-0.2, -0.15) is 8.42 Å². The molecular formula is C11H11N2NaO6S. The van der Waals surface area contributed by atoms with Crippen molar-refractivity contribution in [3.8, 4) is 0 Å². The Morgan fingerprint density at radius 3 is 2.33 bits per heavy atom. The maximum atomic E-state index is 11.7. The van der Waals surface area contributed by atoms with Gasteiger partial charge in [-0.1, -0.05) is 30.3 Å². The molecule has 2 N–H and O–H groups in total. The van der Waals surface area contributed by atoms with Crippen LogP contribution < -0.4 is 34.9 Å². The Bertz CT molecular complexity index is 681. The zero-order valence-corrected chi connectivity index (χ0v) is 13.8. The van der Waals surface area contributed by atoms with Crippen LogP contribution in [0.15, 0.2) is 30.3 Å². The summed E-state index contributed by atoms with van der Waals surface area (Å²) >= 11 is 0. The second-order valence-corrected chi connectivity index (χ2v) is 5.40. The van der Waals surface area contributed by atoms with Gasteiger partial charge in [-0.25, -0.2) is 4.31 Å². The van der Waals surface area contributed by atoms with Crippen LogP contribution in [0.2, 0.25) is 0 Å². The summed E-state index contributed by atoms with van der Waals surface area (Å²) in [6.07, 6.45) is 0. The topological polar surface area (TPSA) is 121 Å². The number of nitrogens with one attached hydrogen (secondary N) is 1. The second kappa shape index (κ2) is 6.67. The normalized spacial score (nSPS) is 17.5. The maximum absolute atomic E-state index is 11.7. The molecule has 0 aliphatic carbocycles. The standard InChI is InChI=1S/C11H10N2O6S.Na.H/c14-9(7-4-2-1-3-5-7)10(15)12-8-6-13(11(8)16)20(17,18)19;;/h1-5,8H,6H2,(H,12,15)(H,17,18,19);;/q;+1;-1. The fourth-order valence-corrected chi connectivity index (χ4v) is 2.35. The average Bonchev–Trinajstić information content (AvgIpc) is 2.41. The molecule has 8 nitrogen and oxygen atoms in total. The van der Waals surface area contributed by atoms with E-state index in [-0.39, 0.29) is 40.9 Å². The van der Waals surface area contributed by atoms with Crippen molar-refractivity contribution in [1.82, 2.24) is 9.62 Å². The molecule has 0 spiro atoms. The van der Waals surface area contributed by atoms with Gasteiger partial charge in [0.2, 0.25) is 5.78 Å². The molecule has 0 aromatic heterocycles. The first-order valence-electron chi connectivity index (χ1n) is 5.50. The van der Waals surface area contributed by atoms with Gasteiger partial charge in [-0.05, 0) is 0 Å². The minimum absolute atomic E-state index is 0. The SMILES string of the molecule is O=C(NC1CN(S(=O)(=O)O)C1=O)C(=O)c1ccccc1.[H-].[Na+]. The fraction of sp³-hybridized carbons (Fsp3) is 0.182. The van der Waals surface area contributed by atoms with E-state index < -0.39 is 40.5 Å². The van der Waals surface area contributed by atoms with E-state index in [1.165, 1.54) is 12.1 Å². The molecule has 1 fully saturated rings. The Morgan fingerprint density at radius 1 is 1.29 bits per heavy atom. The molecule has 1 aromatic rings. The number of carbonyl (C=O) groups is 3.